The molecule has 0 aliphatic carbocycles. The topological polar surface area (TPSA) is 109 Å². The Balaban J connectivity index is 2.64. The molecule has 0 saturated heterocycles. The summed E-state index contributed by atoms with van der Waals surface area (Å²) in [5.74, 6) is 0.706. The third-order valence-electron chi connectivity index (χ3n) is 2.68. The standard InChI is InChI=1S/C13H20N4O3/c1-9(18)16-6-5-15-8-11-7-10(13(14)17-19)3-4-12(11)20-2/h3-4,7,15,19H,5-6,8H2,1-2H3,(H2,14,17)(H,16,18). The van der Waals surface area contributed by atoms with Crippen LogP contribution >= 0.6 is 0 Å². The molecule has 0 heterocycles. The van der Waals surface area contributed by atoms with Crippen molar-refractivity contribution in [3.8, 4) is 5.75 Å². The Morgan fingerprint density at radius 1 is 1.45 bits per heavy atom. The fraction of sp³-hybridized carbons (Fsp3) is 0.385. The van der Waals surface area contributed by atoms with Crippen molar-refractivity contribution in [2.24, 2.45) is 10.9 Å². The second kappa shape index (κ2) is 8.00. The number of amides is 1. The lowest BCUT2D eigenvalue weighted by molar-refractivity contribution is -0.118. The van der Waals surface area contributed by atoms with Gasteiger partial charge in [-0.3, -0.25) is 4.79 Å². The number of oxime groups is 1. The van der Waals surface area contributed by atoms with Gasteiger partial charge in [0.25, 0.3) is 0 Å². The summed E-state index contributed by atoms with van der Waals surface area (Å²) in [6, 6.07) is 5.27. The quantitative estimate of drug-likeness (QED) is 0.185. The monoisotopic (exact) mass is 280 g/mol. The number of nitrogens with one attached hydrogen (secondary N) is 2. The van der Waals surface area contributed by atoms with E-state index in [9.17, 15) is 4.79 Å². The number of nitrogens with two attached hydrogens (primary N) is 1. The van der Waals surface area contributed by atoms with Crippen LogP contribution in [0.2, 0.25) is 0 Å². The van der Waals surface area contributed by atoms with Gasteiger partial charge in [-0.1, -0.05) is 5.16 Å². The SMILES string of the molecule is COc1ccc(/C(N)=N/O)cc1CNCCNC(C)=O. The van der Waals surface area contributed by atoms with E-state index in [0.29, 0.717) is 30.9 Å². The molecule has 1 rings (SSSR count). The van der Waals surface area contributed by atoms with Crippen molar-refractivity contribution in [3.63, 3.8) is 0 Å². The van der Waals surface area contributed by atoms with Crippen molar-refractivity contribution < 1.29 is 14.7 Å². The Bertz CT molecular complexity index is 489. The number of hydrogen-bond donors (Lipinski definition) is 4. The van der Waals surface area contributed by atoms with E-state index in [-0.39, 0.29) is 11.7 Å². The number of hydrogen-bond acceptors (Lipinski definition) is 5. The van der Waals surface area contributed by atoms with E-state index in [4.69, 9.17) is 15.7 Å². The molecule has 0 unspecified atom stereocenters. The molecule has 0 fully saturated rings. The van der Waals surface area contributed by atoms with Gasteiger partial charge >= 0.3 is 0 Å². The van der Waals surface area contributed by atoms with Crippen LogP contribution in [-0.2, 0) is 11.3 Å². The number of benzene rings is 1. The lowest BCUT2D eigenvalue weighted by atomic mass is 10.1. The van der Waals surface area contributed by atoms with Crippen LogP contribution in [-0.4, -0.2) is 37.1 Å². The molecule has 1 aromatic carbocycles. The summed E-state index contributed by atoms with van der Waals surface area (Å²) in [5.41, 5.74) is 7.06. The van der Waals surface area contributed by atoms with Gasteiger partial charge in [0, 0.05) is 37.7 Å². The van der Waals surface area contributed by atoms with E-state index in [1.54, 1.807) is 25.3 Å². The van der Waals surface area contributed by atoms with E-state index in [2.05, 4.69) is 15.8 Å². The zero-order chi connectivity index (χ0) is 15.0. The van der Waals surface area contributed by atoms with Gasteiger partial charge in [-0.25, -0.2) is 0 Å². The molecule has 1 amide bonds. The number of ether oxygens (including phenoxy) is 1. The van der Waals surface area contributed by atoms with Gasteiger partial charge in [0.15, 0.2) is 5.84 Å². The van der Waals surface area contributed by atoms with Crippen molar-refractivity contribution in [1.29, 1.82) is 0 Å². The first kappa shape index (κ1) is 15.8. The van der Waals surface area contributed by atoms with Crippen molar-refractivity contribution >= 4 is 11.7 Å². The third kappa shape index (κ3) is 4.77. The zero-order valence-electron chi connectivity index (χ0n) is 11.6. The van der Waals surface area contributed by atoms with Crippen LogP contribution in [0.4, 0.5) is 0 Å². The molecule has 0 atom stereocenters. The van der Waals surface area contributed by atoms with Crippen LogP contribution in [0, 0.1) is 0 Å². The average Bonchev–Trinajstić information content (AvgIpc) is 2.45. The largest absolute Gasteiger partial charge is 0.496 e. The molecular formula is C13H20N4O3. The van der Waals surface area contributed by atoms with Gasteiger partial charge in [-0.15, -0.1) is 0 Å². The van der Waals surface area contributed by atoms with E-state index in [1.165, 1.54) is 6.92 Å². The summed E-state index contributed by atoms with van der Waals surface area (Å²) in [6.07, 6.45) is 0. The Morgan fingerprint density at radius 3 is 2.80 bits per heavy atom. The predicted molar refractivity (Wildman–Crippen MR) is 75.9 cm³/mol. The van der Waals surface area contributed by atoms with Crippen LogP contribution < -0.4 is 21.1 Å². The van der Waals surface area contributed by atoms with Crippen molar-refractivity contribution in [3.05, 3.63) is 29.3 Å². The van der Waals surface area contributed by atoms with Crippen LogP contribution in [0.5, 0.6) is 5.75 Å². The van der Waals surface area contributed by atoms with Crippen molar-refractivity contribution in [1.82, 2.24) is 10.6 Å². The Morgan fingerprint density at radius 2 is 2.20 bits per heavy atom. The fourth-order valence-electron chi connectivity index (χ4n) is 1.68. The minimum atomic E-state index is -0.0571. The average molecular weight is 280 g/mol. The highest BCUT2D eigenvalue weighted by atomic mass is 16.5. The maximum atomic E-state index is 10.7. The van der Waals surface area contributed by atoms with E-state index in [0.717, 1.165) is 5.56 Å². The van der Waals surface area contributed by atoms with E-state index in [1.807, 2.05) is 0 Å². The summed E-state index contributed by atoms with van der Waals surface area (Å²) in [7, 11) is 1.58. The number of carbonyl (C=O) groups is 1. The summed E-state index contributed by atoms with van der Waals surface area (Å²) in [6.45, 7) is 3.22. The number of carbonyl (C=O) groups excluding carboxylic acids is 1. The van der Waals surface area contributed by atoms with Gasteiger partial charge in [0.2, 0.25) is 5.91 Å². The van der Waals surface area contributed by atoms with Gasteiger partial charge in [0.05, 0.1) is 7.11 Å². The smallest absolute Gasteiger partial charge is 0.216 e. The van der Waals surface area contributed by atoms with Gasteiger partial charge in [0.1, 0.15) is 5.75 Å². The van der Waals surface area contributed by atoms with Crippen molar-refractivity contribution in [2.75, 3.05) is 20.2 Å². The van der Waals surface area contributed by atoms with Gasteiger partial charge in [-0.05, 0) is 18.2 Å². The molecule has 7 nitrogen and oxygen atoms in total. The Labute approximate surface area is 117 Å². The first-order chi connectivity index (χ1) is 9.58. The molecule has 5 N–H and O–H groups in total. The number of nitrogens with zero attached hydrogens (tertiary/aromatic N) is 1. The molecule has 0 aliphatic rings. The molecule has 20 heavy (non-hydrogen) atoms. The summed E-state index contributed by atoms with van der Waals surface area (Å²) >= 11 is 0. The second-order valence-corrected chi connectivity index (χ2v) is 4.17. The molecule has 0 aliphatic heterocycles. The van der Waals surface area contributed by atoms with Crippen LogP contribution in [0.1, 0.15) is 18.1 Å². The molecule has 0 bridgehead atoms. The minimum absolute atomic E-state index is 0.0483. The molecule has 0 aromatic heterocycles. The second-order valence-electron chi connectivity index (χ2n) is 4.17. The van der Waals surface area contributed by atoms with Crippen LogP contribution in [0.15, 0.2) is 23.4 Å². The Hall–Kier alpha value is -2.28. The molecule has 0 saturated carbocycles. The lowest BCUT2D eigenvalue weighted by Crippen LogP contribution is -2.30. The summed E-state index contributed by atoms with van der Waals surface area (Å²) in [4.78, 5) is 10.7. The fourth-order valence-corrected chi connectivity index (χ4v) is 1.68. The molecular weight excluding hydrogens is 260 g/mol. The van der Waals surface area contributed by atoms with E-state index >= 15 is 0 Å². The third-order valence-corrected chi connectivity index (χ3v) is 2.68. The number of rotatable bonds is 7. The minimum Gasteiger partial charge on any atom is -0.496 e. The normalized spacial score (nSPS) is 11.2. The first-order valence-electron chi connectivity index (χ1n) is 6.18. The maximum absolute atomic E-state index is 10.7. The first-order valence-corrected chi connectivity index (χ1v) is 6.18. The molecule has 1 aromatic rings. The van der Waals surface area contributed by atoms with Crippen molar-refractivity contribution in [2.45, 2.75) is 13.5 Å². The summed E-state index contributed by atoms with van der Waals surface area (Å²) < 4.78 is 5.26. The lowest BCUT2D eigenvalue weighted by Gasteiger charge is -2.11. The number of amidine groups is 1. The predicted octanol–water partition coefficient (Wildman–Crippen LogP) is 0.0154. The molecule has 0 spiro atoms. The van der Waals surface area contributed by atoms with Gasteiger partial charge in [-0.2, -0.15) is 0 Å². The van der Waals surface area contributed by atoms with Crippen LogP contribution in [0.25, 0.3) is 0 Å². The molecule has 110 valence electrons. The molecule has 0 radical (unpaired) electrons. The number of methoxy groups -OCH3 is 1. The summed E-state index contributed by atoms with van der Waals surface area (Å²) in [5, 5.41) is 17.5. The highest BCUT2D eigenvalue weighted by Gasteiger charge is 2.07. The zero-order valence-corrected chi connectivity index (χ0v) is 11.6. The van der Waals surface area contributed by atoms with Crippen LogP contribution in [0.3, 0.4) is 0 Å². The highest BCUT2D eigenvalue weighted by Crippen LogP contribution is 2.19. The maximum Gasteiger partial charge on any atom is 0.216 e. The van der Waals surface area contributed by atoms with Gasteiger partial charge < -0.3 is 26.3 Å². The van der Waals surface area contributed by atoms with E-state index < -0.39 is 0 Å². The highest BCUT2D eigenvalue weighted by molar-refractivity contribution is 5.97. The molecule has 7 heteroatoms. The Kier molecular flexibility index (Phi) is 6.31.